The van der Waals surface area contributed by atoms with Gasteiger partial charge in [-0.05, 0) is 58.0 Å². The van der Waals surface area contributed by atoms with E-state index in [9.17, 15) is 0 Å². The average molecular weight is 260 g/mol. The fourth-order valence-electron chi connectivity index (χ4n) is 3.35. The van der Waals surface area contributed by atoms with Crippen LogP contribution in [0.5, 0.6) is 0 Å². The predicted molar refractivity (Wildman–Crippen MR) is 77.4 cm³/mol. The van der Waals surface area contributed by atoms with Crippen molar-refractivity contribution in [3.05, 3.63) is 17.6 Å². The Bertz CT molecular complexity index is 432. The molecule has 2 aliphatic rings. The average Bonchev–Trinajstić information content (AvgIpc) is 2.45. The number of aromatic nitrogens is 2. The monoisotopic (exact) mass is 260 g/mol. The maximum Gasteiger partial charge on any atom is 0.132 e. The summed E-state index contributed by atoms with van der Waals surface area (Å²) in [7, 11) is 2.22. The Morgan fingerprint density at radius 3 is 3.05 bits per heavy atom. The molecule has 4 heteroatoms. The minimum Gasteiger partial charge on any atom is -0.369 e. The molecular formula is C15H24N4. The molecule has 1 aliphatic carbocycles. The molecule has 0 aromatic carbocycles. The minimum atomic E-state index is 0.757. The van der Waals surface area contributed by atoms with E-state index in [1.165, 1.54) is 50.0 Å². The van der Waals surface area contributed by atoms with Crippen LogP contribution >= 0.6 is 0 Å². The Morgan fingerprint density at radius 1 is 1.26 bits per heavy atom. The van der Waals surface area contributed by atoms with Crippen LogP contribution in [0.4, 0.5) is 5.82 Å². The highest BCUT2D eigenvalue weighted by molar-refractivity contribution is 5.46. The van der Waals surface area contributed by atoms with E-state index in [0.717, 1.165) is 31.1 Å². The molecule has 1 saturated heterocycles. The van der Waals surface area contributed by atoms with Gasteiger partial charge >= 0.3 is 0 Å². The van der Waals surface area contributed by atoms with E-state index >= 15 is 0 Å². The molecule has 0 amide bonds. The van der Waals surface area contributed by atoms with Gasteiger partial charge in [0.1, 0.15) is 12.1 Å². The van der Waals surface area contributed by atoms with Crippen molar-refractivity contribution in [2.24, 2.45) is 5.92 Å². The Kier molecular flexibility index (Phi) is 3.97. The van der Waals surface area contributed by atoms with Gasteiger partial charge in [0.15, 0.2) is 0 Å². The summed E-state index contributed by atoms with van der Waals surface area (Å²) in [5.74, 6) is 1.85. The van der Waals surface area contributed by atoms with E-state index in [4.69, 9.17) is 0 Å². The number of piperidine rings is 1. The molecule has 104 valence electrons. The second-order valence-corrected chi connectivity index (χ2v) is 6.01. The summed E-state index contributed by atoms with van der Waals surface area (Å²) < 4.78 is 0. The third-order valence-corrected chi connectivity index (χ3v) is 4.41. The van der Waals surface area contributed by atoms with Gasteiger partial charge in [0, 0.05) is 24.3 Å². The summed E-state index contributed by atoms with van der Waals surface area (Å²) in [6, 6.07) is 0. The lowest BCUT2D eigenvalue weighted by molar-refractivity contribution is 0.217. The molecule has 1 aromatic heterocycles. The third-order valence-electron chi connectivity index (χ3n) is 4.41. The topological polar surface area (TPSA) is 41.0 Å². The van der Waals surface area contributed by atoms with E-state index < -0.39 is 0 Å². The number of nitrogens with one attached hydrogen (secondary N) is 1. The Hall–Kier alpha value is -1.16. The van der Waals surface area contributed by atoms with Gasteiger partial charge in [0.2, 0.25) is 0 Å². The van der Waals surface area contributed by atoms with Gasteiger partial charge in [-0.3, -0.25) is 0 Å². The first kappa shape index (κ1) is 12.9. The molecule has 3 rings (SSSR count). The molecule has 4 nitrogen and oxygen atoms in total. The SMILES string of the molecule is CN1CCCC(CNc2ncnc3c2CCCC3)C1. The maximum absolute atomic E-state index is 4.46. The highest BCUT2D eigenvalue weighted by atomic mass is 15.1. The third kappa shape index (κ3) is 3.06. The van der Waals surface area contributed by atoms with E-state index in [0.29, 0.717) is 0 Å². The van der Waals surface area contributed by atoms with Crippen LogP contribution in [0.3, 0.4) is 0 Å². The summed E-state index contributed by atoms with van der Waals surface area (Å²) in [5, 5.41) is 3.59. The maximum atomic E-state index is 4.46. The molecule has 1 unspecified atom stereocenters. The zero-order chi connectivity index (χ0) is 13.1. The standard InChI is InChI=1S/C15H24N4/c1-19-8-4-5-12(10-19)9-16-15-13-6-2-3-7-14(13)17-11-18-15/h11-12H,2-10H2,1H3,(H,16,17,18). The molecule has 1 atom stereocenters. The number of hydrogen-bond acceptors (Lipinski definition) is 4. The van der Waals surface area contributed by atoms with Crippen LogP contribution in [0.15, 0.2) is 6.33 Å². The second kappa shape index (κ2) is 5.87. The van der Waals surface area contributed by atoms with Crippen molar-refractivity contribution in [1.82, 2.24) is 14.9 Å². The molecule has 0 saturated carbocycles. The highest BCUT2D eigenvalue weighted by Crippen LogP contribution is 2.25. The number of anilines is 1. The van der Waals surface area contributed by atoms with Crippen molar-refractivity contribution in [3.8, 4) is 0 Å². The van der Waals surface area contributed by atoms with Crippen molar-refractivity contribution >= 4 is 5.82 Å². The van der Waals surface area contributed by atoms with Crippen LogP contribution in [0.25, 0.3) is 0 Å². The summed E-state index contributed by atoms with van der Waals surface area (Å²) in [6.07, 6.45) is 9.20. The Labute approximate surface area is 115 Å². The van der Waals surface area contributed by atoms with Gasteiger partial charge in [-0.15, -0.1) is 0 Å². The summed E-state index contributed by atoms with van der Waals surface area (Å²) in [6.45, 7) is 3.51. The molecule has 2 heterocycles. The Morgan fingerprint density at radius 2 is 2.16 bits per heavy atom. The van der Waals surface area contributed by atoms with E-state index in [1.54, 1.807) is 6.33 Å². The van der Waals surface area contributed by atoms with Crippen molar-refractivity contribution in [2.45, 2.75) is 38.5 Å². The van der Waals surface area contributed by atoms with Crippen LogP contribution in [0.1, 0.15) is 36.9 Å². The first-order valence-electron chi connectivity index (χ1n) is 7.58. The number of rotatable bonds is 3. The first-order chi connectivity index (χ1) is 9.33. The minimum absolute atomic E-state index is 0.757. The van der Waals surface area contributed by atoms with Crippen LogP contribution < -0.4 is 5.32 Å². The van der Waals surface area contributed by atoms with E-state index in [1.807, 2.05) is 0 Å². The van der Waals surface area contributed by atoms with E-state index in [2.05, 4.69) is 27.2 Å². The van der Waals surface area contributed by atoms with Gasteiger partial charge in [-0.1, -0.05) is 0 Å². The van der Waals surface area contributed by atoms with Crippen molar-refractivity contribution in [2.75, 3.05) is 32.0 Å². The van der Waals surface area contributed by atoms with Gasteiger partial charge in [0.25, 0.3) is 0 Å². The quantitative estimate of drug-likeness (QED) is 0.903. The zero-order valence-electron chi connectivity index (χ0n) is 11.9. The summed E-state index contributed by atoms with van der Waals surface area (Å²) in [4.78, 5) is 11.3. The van der Waals surface area contributed by atoms with Crippen LogP contribution in [0.2, 0.25) is 0 Å². The summed E-state index contributed by atoms with van der Waals surface area (Å²) >= 11 is 0. The van der Waals surface area contributed by atoms with Crippen molar-refractivity contribution < 1.29 is 0 Å². The number of hydrogen-bond donors (Lipinski definition) is 1. The van der Waals surface area contributed by atoms with Crippen LogP contribution in [-0.4, -0.2) is 41.5 Å². The first-order valence-corrected chi connectivity index (χ1v) is 7.58. The fraction of sp³-hybridized carbons (Fsp3) is 0.733. The van der Waals surface area contributed by atoms with Gasteiger partial charge in [-0.25, -0.2) is 9.97 Å². The van der Waals surface area contributed by atoms with Crippen molar-refractivity contribution in [3.63, 3.8) is 0 Å². The molecule has 1 fully saturated rings. The number of aryl methyl sites for hydroxylation is 1. The van der Waals surface area contributed by atoms with Gasteiger partial charge in [0.05, 0.1) is 0 Å². The zero-order valence-corrected chi connectivity index (χ0v) is 11.9. The lowest BCUT2D eigenvalue weighted by Crippen LogP contribution is -2.35. The normalized spacial score (nSPS) is 23.9. The molecule has 1 N–H and O–H groups in total. The lowest BCUT2D eigenvalue weighted by Gasteiger charge is -2.30. The highest BCUT2D eigenvalue weighted by Gasteiger charge is 2.19. The number of likely N-dealkylation sites (tertiary alicyclic amines) is 1. The Balaban J connectivity index is 1.63. The van der Waals surface area contributed by atoms with Gasteiger partial charge < -0.3 is 10.2 Å². The molecule has 1 aliphatic heterocycles. The molecule has 1 aromatic rings. The van der Waals surface area contributed by atoms with Crippen molar-refractivity contribution in [1.29, 1.82) is 0 Å². The molecule has 19 heavy (non-hydrogen) atoms. The molecule has 0 bridgehead atoms. The smallest absolute Gasteiger partial charge is 0.132 e. The lowest BCUT2D eigenvalue weighted by atomic mass is 9.95. The van der Waals surface area contributed by atoms with Crippen LogP contribution in [0, 0.1) is 5.92 Å². The fourth-order valence-corrected chi connectivity index (χ4v) is 3.35. The molecular weight excluding hydrogens is 236 g/mol. The number of fused-ring (bicyclic) bond motifs is 1. The summed E-state index contributed by atoms with van der Waals surface area (Å²) in [5.41, 5.74) is 2.64. The second-order valence-electron chi connectivity index (χ2n) is 6.01. The number of nitrogens with zero attached hydrogens (tertiary/aromatic N) is 3. The van der Waals surface area contributed by atoms with Gasteiger partial charge in [-0.2, -0.15) is 0 Å². The molecule has 0 spiro atoms. The predicted octanol–water partition coefficient (Wildman–Crippen LogP) is 2.11. The van der Waals surface area contributed by atoms with Crippen LogP contribution in [-0.2, 0) is 12.8 Å². The van der Waals surface area contributed by atoms with E-state index in [-0.39, 0.29) is 0 Å². The largest absolute Gasteiger partial charge is 0.369 e. The molecule has 0 radical (unpaired) electrons.